The average molecular weight is 427 g/mol. The highest BCUT2D eigenvalue weighted by Gasteiger charge is 2.33. The van der Waals surface area contributed by atoms with Gasteiger partial charge in [-0.2, -0.15) is 0 Å². The zero-order valence-corrected chi connectivity index (χ0v) is 20.9. The fraction of sp³-hybridized carbons (Fsp3) is 0.379. The predicted molar refractivity (Wildman–Crippen MR) is 141 cm³/mol. The first-order valence-electron chi connectivity index (χ1n) is 11.9. The minimum atomic E-state index is 0.123. The largest absolute Gasteiger partial charge is 0.508 e. The van der Waals surface area contributed by atoms with Crippen molar-refractivity contribution in [1.29, 1.82) is 0 Å². The highest BCUT2D eigenvalue weighted by Crippen LogP contribution is 2.23. The maximum atomic E-state index is 9.94. The summed E-state index contributed by atoms with van der Waals surface area (Å²) >= 11 is 0. The molecular weight excluding hydrogens is 389 g/mol. The first-order valence-corrected chi connectivity index (χ1v) is 11.9. The van der Waals surface area contributed by atoms with Crippen LogP contribution >= 0.6 is 0 Å². The smallest absolute Gasteiger partial charge is 0.324 e. The number of phenols is 1. The number of hydrogen-bond donors (Lipinski definition) is 1. The number of aryl methyl sites for hydroxylation is 6. The summed E-state index contributed by atoms with van der Waals surface area (Å²) in [5.74, 6) is 0.309. The summed E-state index contributed by atoms with van der Waals surface area (Å²) < 4.78 is 0. The SMILES string of the molecule is CCCCCN(B(c1c(C)cc(C)cc1C)c1c(C)cc(C)cc1C)c1ccc(O)cc1. The Balaban J connectivity index is 2.29. The number of rotatable bonds is 8. The Morgan fingerprint density at radius 2 is 1.12 bits per heavy atom. The lowest BCUT2D eigenvalue weighted by Gasteiger charge is -2.36. The fourth-order valence-corrected chi connectivity index (χ4v) is 5.28. The lowest BCUT2D eigenvalue weighted by molar-refractivity contribution is 0.475. The number of unbranched alkanes of at least 4 members (excludes halogenated alkanes) is 2. The van der Waals surface area contributed by atoms with Crippen molar-refractivity contribution >= 4 is 23.5 Å². The van der Waals surface area contributed by atoms with Crippen molar-refractivity contribution in [2.45, 2.75) is 67.7 Å². The number of benzene rings is 3. The molecule has 0 bridgehead atoms. The van der Waals surface area contributed by atoms with E-state index >= 15 is 0 Å². The average Bonchev–Trinajstić information content (AvgIpc) is 2.70. The van der Waals surface area contributed by atoms with Crippen LogP contribution in [-0.4, -0.2) is 18.5 Å². The van der Waals surface area contributed by atoms with Crippen molar-refractivity contribution in [3.63, 3.8) is 0 Å². The summed E-state index contributed by atoms with van der Waals surface area (Å²) in [7, 11) is 0. The first-order chi connectivity index (χ1) is 15.2. The highest BCUT2D eigenvalue weighted by atomic mass is 16.3. The molecule has 0 atom stereocenters. The molecule has 3 heteroatoms. The molecule has 0 radical (unpaired) electrons. The topological polar surface area (TPSA) is 23.5 Å². The third-order valence-electron chi connectivity index (χ3n) is 6.52. The molecule has 32 heavy (non-hydrogen) atoms. The van der Waals surface area contributed by atoms with Gasteiger partial charge in [-0.25, -0.2) is 0 Å². The van der Waals surface area contributed by atoms with Crippen LogP contribution in [0.5, 0.6) is 5.75 Å². The molecule has 168 valence electrons. The van der Waals surface area contributed by atoms with Crippen LogP contribution in [0.25, 0.3) is 0 Å². The molecule has 0 heterocycles. The summed E-state index contributed by atoms with van der Waals surface area (Å²) in [5, 5.41) is 9.94. The van der Waals surface area contributed by atoms with Gasteiger partial charge in [-0.1, -0.05) is 77.4 Å². The van der Waals surface area contributed by atoms with Gasteiger partial charge in [-0.15, -0.1) is 0 Å². The van der Waals surface area contributed by atoms with Crippen LogP contribution in [0.1, 0.15) is 59.6 Å². The summed E-state index contributed by atoms with van der Waals surface area (Å²) in [6.07, 6.45) is 3.54. The molecule has 0 aliphatic heterocycles. The van der Waals surface area contributed by atoms with Gasteiger partial charge in [-0.05, 0) is 83.2 Å². The van der Waals surface area contributed by atoms with E-state index in [9.17, 15) is 5.11 Å². The van der Waals surface area contributed by atoms with Crippen LogP contribution in [0.15, 0.2) is 48.5 Å². The van der Waals surface area contributed by atoms with Gasteiger partial charge in [0.05, 0.1) is 0 Å². The Hall–Kier alpha value is -2.68. The Kier molecular flexibility index (Phi) is 7.71. The van der Waals surface area contributed by atoms with E-state index in [1.807, 2.05) is 12.1 Å². The molecule has 0 amide bonds. The quantitative estimate of drug-likeness (QED) is 0.350. The van der Waals surface area contributed by atoms with Crippen LogP contribution in [0.3, 0.4) is 0 Å². The van der Waals surface area contributed by atoms with Gasteiger partial charge in [0.25, 0.3) is 0 Å². The molecule has 0 aromatic heterocycles. The number of anilines is 1. The second-order valence-corrected chi connectivity index (χ2v) is 9.44. The maximum absolute atomic E-state index is 9.94. The summed E-state index contributed by atoms with van der Waals surface area (Å²) in [5.41, 5.74) is 11.9. The zero-order valence-electron chi connectivity index (χ0n) is 20.9. The Morgan fingerprint density at radius 1 is 0.688 bits per heavy atom. The van der Waals surface area contributed by atoms with E-state index in [0.717, 1.165) is 18.7 Å². The molecule has 0 fully saturated rings. The van der Waals surface area contributed by atoms with Crippen molar-refractivity contribution in [2.24, 2.45) is 0 Å². The van der Waals surface area contributed by atoms with Gasteiger partial charge in [0.2, 0.25) is 0 Å². The maximum Gasteiger partial charge on any atom is 0.324 e. The van der Waals surface area contributed by atoms with Crippen molar-refractivity contribution in [1.82, 2.24) is 0 Å². The molecule has 2 nitrogen and oxygen atoms in total. The zero-order chi connectivity index (χ0) is 23.4. The monoisotopic (exact) mass is 427 g/mol. The molecule has 0 saturated heterocycles. The van der Waals surface area contributed by atoms with Gasteiger partial charge in [-0.3, -0.25) is 0 Å². The van der Waals surface area contributed by atoms with Crippen LogP contribution < -0.4 is 15.7 Å². The summed E-state index contributed by atoms with van der Waals surface area (Å²) in [4.78, 5) is 2.56. The minimum absolute atomic E-state index is 0.123. The molecule has 0 spiro atoms. The second kappa shape index (κ2) is 10.3. The third-order valence-corrected chi connectivity index (χ3v) is 6.52. The molecule has 0 aliphatic rings. The van der Waals surface area contributed by atoms with E-state index in [1.165, 1.54) is 57.1 Å². The molecule has 0 saturated carbocycles. The van der Waals surface area contributed by atoms with Gasteiger partial charge in [0.15, 0.2) is 0 Å². The van der Waals surface area contributed by atoms with Crippen molar-refractivity contribution in [3.05, 3.63) is 81.9 Å². The molecule has 3 aromatic rings. The molecule has 3 aromatic carbocycles. The van der Waals surface area contributed by atoms with Crippen LogP contribution in [0, 0.1) is 41.5 Å². The van der Waals surface area contributed by atoms with E-state index in [4.69, 9.17) is 0 Å². The lowest BCUT2D eigenvalue weighted by atomic mass is 9.45. The van der Waals surface area contributed by atoms with E-state index in [-0.39, 0.29) is 6.85 Å². The predicted octanol–water partition coefficient (Wildman–Crippen LogP) is 6.05. The van der Waals surface area contributed by atoms with Gasteiger partial charge in [0, 0.05) is 12.2 Å². The molecule has 1 N–H and O–H groups in total. The number of aromatic hydroxyl groups is 1. The van der Waals surface area contributed by atoms with Crippen LogP contribution in [0.4, 0.5) is 5.69 Å². The van der Waals surface area contributed by atoms with Crippen molar-refractivity contribution in [3.8, 4) is 5.75 Å². The minimum Gasteiger partial charge on any atom is -0.508 e. The fourth-order valence-electron chi connectivity index (χ4n) is 5.28. The van der Waals surface area contributed by atoms with E-state index in [1.54, 1.807) is 0 Å². The summed E-state index contributed by atoms with van der Waals surface area (Å²) in [6, 6.07) is 17.0. The number of hydrogen-bond acceptors (Lipinski definition) is 2. The summed E-state index contributed by atoms with van der Waals surface area (Å²) in [6.45, 7) is 16.7. The Labute approximate surface area is 195 Å². The van der Waals surface area contributed by atoms with Crippen LogP contribution in [0.2, 0.25) is 0 Å². The third kappa shape index (κ3) is 5.20. The van der Waals surface area contributed by atoms with Gasteiger partial charge < -0.3 is 9.92 Å². The normalized spacial score (nSPS) is 11.0. The highest BCUT2D eigenvalue weighted by molar-refractivity contribution is 6.89. The van der Waals surface area contributed by atoms with Gasteiger partial charge in [0.1, 0.15) is 5.75 Å². The number of nitrogens with zero attached hydrogens (tertiary/aromatic N) is 1. The lowest BCUT2D eigenvalue weighted by Crippen LogP contribution is -2.60. The van der Waals surface area contributed by atoms with E-state index in [0.29, 0.717) is 5.75 Å². The Bertz CT molecular complexity index is 968. The van der Waals surface area contributed by atoms with Crippen LogP contribution in [-0.2, 0) is 0 Å². The Morgan fingerprint density at radius 3 is 1.53 bits per heavy atom. The van der Waals surface area contributed by atoms with Crippen molar-refractivity contribution < 1.29 is 5.11 Å². The molecule has 0 unspecified atom stereocenters. The number of phenolic OH excluding ortho intramolecular Hbond substituents is 1. The van der Waals surface area contributed by atoms with E-state index in [2.05, 4.69) is 89.7 Å². The molecule has 0 aliphatic carbocycles. The van der Waals surface area contributed by atoms with Gasteiger partial charge >= 0.3 is 6.85 Å². The molecule has 3 rings (SSSR count). The second-order valence-electron chi connectivity index (χ2n) is 9.44. The van der Waals surface area contributed by atoms with E-state index < -0.39 is 0 Å². The standard InChI is InChI=1S/C29H38BNO/c1-8-9-10-15-31(26-11-13-27(32)14-12-26)30(28-22(4)16-20(2)17-23(28)5)29-24(6)18-21(3)19-25(29)7/h11-14,16-19,32H,8-10,15H2,1-7H3. The van der Waals surface area contributed by atoms with Crippen molar-refractivity contribution in [2.75, 3.05) is 11.4 Å². The first kappa shape index (κ1) is 24.0. The molecular formula is C29H38BNO.